The maximum Gasteiger partial charge on any atom is 0.250 e. The summed E-state index contributed by atoms with van der Waals surface area (Å²) in [5, 5.41) is 0. The molecule has 0 amide bonds. The minimum atomic E-state index is -1.63. The van der Waals surface area contributed by atoms with Gasteiger partial charge in [-0.2, -0.15) is 0 Å². The van der Waals surface area contributed by atoms with Crippen LogP contribution in [0.15, 0.2) is 23.2 Å². The van der Waals surface area contributed by atoms with Crippen LogP contribution in [0.25, 0.3) is 0 Å². The summed E-state index contributed by atoms with van der Waals surface area (Å²) in [7, 11) is -3.24. The molecular weight excluding hydrogens is 304 g/mol. The fraction of sp³-hybridized carbons (Fsp3) is 0.778. The van der Waals surface area contributed by atoms with Crippen molar-refractivity contribution in [3.05, 3.63) is 23.2 Å². The first-order valence-electron chi connectivity index (χ1n) is 9.21. The van der Waals surface area contributed by atoms with Crippen molar-refractivity contribution < 1.29 is 8.85 Å². The van der Waals surface area contributed by atoms with Crippen molar-refractivity contribution in [2.24, 2.45) is 0 Å². The molecule has 0 N–H and O–H groups in total. The Morgan fingerprint density at radius 3 is 1.59 bits per heavy atom. The van der Waals surface area contributed by atoms with Gasteiger partial charge in [-0.1, -0.05) is 47.1 Å². The summed E-state index contributed by atoms with van der Waals surface area (Å²) in [6, 6.07) is 7.11. The van der Waals surface area contributed by atoms with Crippen molar-refractivity contribution in [1.82, 2.24) is 0 Å². The molecule has 0 atom stereocenters. The van der Waals surface area contributed by atoms with E-state index in [0.29, 0.717) is 0 Å². The van der Waals surface area contributed by atoms with Crippen molar-refractivity contribution in [2.75, 3.05) is 0 Å². The van der Waals surface area contributed by atoms with Crippen LogP contribution in [-0.2, 0) is 8.85 Å². The maximum absolute atomic E-state index is 6.67. The van der Waals surface area contributed by atoms with E-state index in [-0.39, 0.29) is 0 Å². The SMILES string of the molecule is CC[Si](CC)(CC)OC1=C(O[Si](CC)(CC)CC)CC(C)=C1. The highest BCUT2D eigenvalue weighted by atomic mass is 28.4. The highest BCUT2D eigenvalue weighted by Gasteiger charge is 2.36. The maximum atomic E-state index is 6.67. The topological polar surface area (TPSA) is 18.5 Å². The van der Waals surface area contributed by atoms with Gasteiger partial charge in [0.1, 0.15) is 11.5 Å². The molecule has 0 spiro atoms. The van der Waals surface area contributed by atoms with Gasteiger partial charge in [-0.25, -0.2) is 0 Å². The van der Waals surface area contributed by atoms with Crippen LogP contribution in [-0.4, -0.2) is 16.6 Å². The Hall–Kier alpha value is -0.486. The van der Waals surface area contributed by atoms with Crippen molar-refractivity contribution in [2.45, 2.75) is 91.2 Å². The Kier molecular flexibility index (Phi) is 7.46. The van der Waals surface area contributed by atoms with Crippen molar-refractivity contribution in [1.29, 1.82) is 0 Å². The molecule has 0 fully saturated rings. The van der Waals surface area contributed by atoms with E-state index in [0.717, 1.165) is 17.9 Å². The Bertz CT molecular complexity index is 402. The zero-order valence-electron chi connectivity index (χ0n) is 15.8. The fourth-order valence-electron chi connectivity index (χ4n) is 3.30. The van der Waals surface area contributed by atoms with E-state index in [9.17, 15) is 0 Å². The van der Waals surface area contributed by atoms with Crippen LogP contribution in [0.5, 0.6) is 0 Å². The second-order valence-electron chi connectivity index (χ2n) is 6.65. The van der Waals surface area contributed by atoms with E-state index in [2.05, 4.69) is 54.5 Å². The van der Waals surface area contributed by atoms with E-state index >= 15 is 0 Å². The van der Waals surface area contributed by atoms with Crippen LogP contribution >= 0.6 is 0 Å². The largest absolute Gasteiger partial charge is 0.544 e. The lowest BCUT2D eigenvalue weighted by molar-refractivity contribution is 0.338. The zero-order valence-corrected chi connectivity index (χ0v) is 17.8. The second kappa shape index (κ2) is 8.39. The quantitative estimate of drug-likeness (QED) is 0.417. The van der Waals surface area contributed by atoms with Crippen LogP contribution in [0.3, 0.4) is 0 Å². The van der Waals surface area contributed by atoms with Gasteiger partial charge >= 0.3 is 0 Å². The summed E-state index contributed by atoms with van der Waals surface area (Å²) < 4.78 is 13.3. The molecule has 1 aliphatic carbocycles. The second-order valence-corrected chi connectivity index (χ2v) is 16.0. The van der Waals surface area contributed by atoms with Crippen LogP contribution in [0, 0.1) is 0 Å². The van der Waals surface area contributed by atoms with E-state index < -0.39 is 16.6 Å². The molecule has 0 aliphatic heterocycles. The Balaban J connectivity index is 3.04. The molecule has 0 heterocycles. The smallest absolute Gasteiger partial charge is 0.250 e. The number of hydrogen-bond donors (Lipinski definition) is 0. The predicted molar refractivity (Wildman–Crippen MR) is 102 cm³/mol. The molecule has 1 aliphatic rings. The van der Waals surface area contributed by atoms with Crippen LogP contribution in [0.2, 0.25) is 36.3 Å². The minimum Gasteiger partial charge on any atom is -0.544 e. The third-order valence-corrected chi connectivity index (χ3v) is 14.7. The van der Waals surface area contributed by atoms with Crippen LogP contribution < -0.4 is 0 Å². The van der Waals surface area contributed by atoms with E-state index in [1.165, 1.54) is 41.8 Å². The third kappa shape index (κ3) is 4.28. The van der Waals surface area contributed by atoms with Crippen molar-refractivity contribution in [3.63, 3.8) is 0 Å². The molecule has 0 aromatic heterocycles. The van der Waals surface area contributed by atoms with Crippen LogP contribution in [0.4, 0.5) is 0 Å². The molecule has 0 saturated carbocycles. The summed E-state index contributed by atoms with van der Waals surface area (Å²) in [5.74, 6) is 2.21. The van der Waals surface area contributed by atoms with Crippen LogP contribution in [0.1, 0.15) is 54.9 Å². The van der Waals surface area contributed by atoms with Gasteiger partial charge in [-0.15, -0.1) is 0 Å². The van der Waals surface area contributed by atoms with Gasteiger partial charge in [0.15, 0.2) is 0 Å². The average molecular weight is 341 g/mol. The molecule has 2 nitrogen and oxygen atoms in total. The molecule has 0 bridgehead atoms. The first-order valence-corrected chi connectivity index (χ1v) is 14.3. The van der Waals surface area contributed by atoms with Gasteiger partial charge in [0.2, 0.25) is 8.32 Å². The Morgan fingerprint density at radius 1 is 0.773 bits per heavy atom. The summed E-state index contributed by atoms with van der Waals surface area (Å²) in [5.41, 5.74) is 1.38. The highest BCUT2D eigenvalue weighted by Crippen LogP contribution is 2.36. The third-order valence-electron chi connectivity index (χ3n) is 5.62. The summed E-state index contributed by atoms with van der Waals surface area (Å²) >= 11 is 0. The van der Waals surface area contributed by atoms with Gasteiger partial charge in [-0.3, -0.25) is 0 Å². The molecule has 0 aromatic carbocycles. The normalized spacial score (nSPS) is 16.0. The van der Waals surface area contributed by atoms with Crippen molar-refractivity contribution in [3.8, 4) is 0 Å². The van der Waals surface area contributed by atoms with Crippen molar-refractivity contribution >= 4 is 16.6 Å². The Labute approximate surface area is 140 Å². The highest BCUT2D eigenvalue weighted by molar-refractivity contribution is 6.74. The molecule has 4 heteroatoms. The minimum absolute atomic E-state index is 0.950. The summed E-state index contributed by atoms with van der Waals surface area (Å²) in [6.07, 6.45) is 3.18. The molecular formula is C18H36O2Si2. The van der Waals surface area contributed by atoms with Gasteiger partial charge < -0.3 is 8.85 Å². The fourth-order valence-corrected chi connectivity index (χ4v) is 8.50. The predicted octanol–water partition coefficient (Wildman–Crippen LogP) is 6.59. The molecule has 0 unspecified atom stereocenters. The number of allylic oxidation sites excluding steroid dienone is 2. The molecule has 128 valence electrons. The molecule has 22 heavy (non-hydrogen) atoms. The van der Waals surface area contributed by atoms with Gasteiger partial charge in [-0.05, 0) is 49.3 Å². The lowest BCUT2D eigenvalue weighted by Gasteiger charge is -2.33. The van der Waals surface area contributed by atoms with E-state index in [1.54, 1.807) is 0 Å². The molecule has 0 aromatic rings. The number of hydrogen-bond acceptors (Lipinski definition) is 2. The monoisotopic (exact) mass is 340 g/mol. The van der Waals surface area contributed by atoms with E-state index in [1.807, 2.05) is 0 Å². The zero-order chi connectivity index (χ0) is 16.8. The summed E-state index contributed by atoms with van der Waals surface area (Å²) in [4.78, 5) is 0. The van der Waals surface area contributed by atoms with Gasteiger partial charge in [0.05, 0.1) is 0 Å². The Morgan fingerprint density at radius 2 is 1.18 bits per heavy atom. The first kappa shape index (κ1) is 19.6. The van der Waals surface area contributed by atoms with Gasteiger partial charge in [0.25, 0.3) is 8.32 Å². The lowest BCUT2D eigenvalue weighted by Crippen LogP contribution is -2.37. The summed E-state index contributed by atoms with van der Waals surface area (Å²) in [6.45, 7) is 15.9. The van der Waals surface area contributed by atoms with E-state index in [4.69, 9.17) is 8.85 Å². The number of rotatable bonds is 10. The molecule has 1 rings (SSSR count). The molecule has 0 radical (unpaired) electrons. The van der Waals surface area contributed by atoms with Gasteiger partial charge in [0, 0.05) is 6.42 Å². The first-order chi connectivity index (χ1) is 10.4. The molecule has 0 saturated heterocycles. The average Bonchev–Trinajstić information content (AvgIpc) is 2.89. The lowest BCUT2D eigenvalue weighted by atomic mass is 10.3. The standard InChI is InChI=1S/C18H36O2Si2/c1-8-21(9-2,10-3)19-17-14-16(7)15-18(17)20-22(11-4,12-5)13-6/h14H,8-13,15H2,1-7H3.